The number of alkyl halides is 3. The minimum Gasteiger partial charge on any atom is -0.383 e. The Morgan fingerprint density at radius 1 is 1.20 bits per heavy atom. The number of nitrogen functional groups attached to an aromatic ring is 1. The summed E-state index contributed by atoms with van der Waals surface area (Å²) in [6.45, 7) is 2.59. The first-order chi connectivity index (χ1) is 11.9. The largest absolute Gasteiger partial charge is 0.418 e. The van der Waals surface area contributed by atoms with Gasteiger partial charge in [0, 0.05) is 32.4 Å². The van der Waals surface area contributed by atoms with Gasteiger partial charge in [0.1, 0.15) is 17.3 Å². The van der Waals surface area contributed by atoms with E-state index in [-0.39, 0.29) is 11.4 Å². The van der Waals surface area contributed by atoms with Gasteiger partial charge in [-0.25, -0.2) is 9.97 Å². The van der Waals surface area contributed by atoms with E-state index < -0.39 is 23.2 Å². The van der Waals surface area contributed by atoms with Gasteiger partial charge in [0.2, 0.25) is 5.78 Å². The zero-order chi connectivity index (χ0) is 18.0. The smallest absolute Gasteiger partial charge is 0.383 e. The topological polar surface area (TPSA) is 84.1 Å². The van der Waals surface area contributed by atoms with Crippen LogP contribution in [0, 0.1) is 0 Å². The Balaban J connectivity index is 2.08. The third-order valence-corrected chi connectivity index (χ3v) is 3.93. The SMILES string of the molecule is Nc1ncccc1C(=O)c1nc(N2CCNCC2)ccc1C(F)(F)F. The van der Waals surface area contributed by atoms with Crippen LogP contribution in [0.3, 0.4) is 0 Å². The lowest BCUT2D eigenvalue weighted by atomic mass is 10.0. The highest BCUT2D eigenvalue weighted by Gasteiger charge is 2.37. The number of nitrogens with two attached hydrogens (primary N) is 1. The molecule has 1 aliphatic rings. The van der Waals surface area contributed by atoms with Gasteiger partial charge in [0.25, 0.3) is 0 Å². The molecule has 0 unspecified atom stereocenters. The fourth-order valence-electron chi connectivity index (χ4n) is 2.66. The Morgan fingerprint density at radius 2 is 1.92 bits per heavy atom. The highest BCUT2D eigenvalue weighted by Crippen LogP contribution is 2.34. The van der Waals surface area contributed by atoms with Gasteiger partial charge in [-0.15, -0.1) is 0 Å². The number of hydrogen-bond donors (Lipinski definition) is 2. The fourth-order valence-corrected chi connectivity index (χ4v) is 2.66. The molecule has 9 heteroatoms. The van der Waals surface area contributed by atoms with Gasteiger partial charge in [-0.3, -0.25) is 4.79 Å². The van der Waals surface area contributed by atoms with Gasteiger partial charge in [0.05, 0.1) is 11.1 Å². The van der Waals surface area contributed by atoms with E-state index in [0.717, 1.165) is 6.07 Å². The zero-order valence-corrected chi connectivity index (χ0v) is 13.2. The molecule has 25 heavy (non-hydrogen) atoms. The van der Waals surface area contributed by atoms with E-state index in [4.69, 9.17) is 5.73 Å². The normalized spacial score (nSPS) is 15.2. The molecule has 0 aromatic carbocycles. The molecule has 3 rings (SSSR count). The second-order valence-corrected chi connectivity index (χ2v) is 5.57. The molecule has 1 fully saturated rings. The highest BCUT2D eigenvalue weighted by molar-refractivity contribution is 6.11. The van der Waals surface area contributed by atoms with E-state index in [1.54, 1.807) is 0 Å². The predicted octanol–water partition coefficient (Wildman–Crippen LogP) is 1.72. The van der Waals surface area contributed by atoms with Crippen LogP contribution in [0.4, 0.5) is 24.8 Å². The lowest BCUT2D eigenvalue weighted by Gasteiger charge is -2.29. The summed E-state index contributed by atoms with van der Waals surface area (Å²) in [7, 11) is 0. The summed E-state index contributed by atoms with van der Waals surface area (Å²) in [5, 5.41) is 3.15. The van der Waals surface area contributed by atoms with Crippen molar-refractivity contribution in [2.45, 2.75) is 6.18 Å². The van der Waals surface area contributed by atoms with Gasteiger partial charge in [-0.05, 0) is 24.3 Å². The first-order valence-corrected chi connectivity index (χ1v) is 7.67. The summed E-state index contributed by atoms with van der Waals surface area (Å²) in [5.74, 6) is -0.690. The molecule has 0 atom stereocenters. The number of carbonyl (C=O) groups is 1. The molecule has 3 heterocycles. The number of rotatable bonds is 3. The minimum absolute atomic E-state index is 0.0991. The van der Waals surface area contributed by atoms with Crippen molar-refractivity contribution in [3.63, 3.8) is 0 Å². The first-order valence-electron chi connectivity index (χ1n) is 7.67. The van der Waals surface area contributed by atoms with Crippen molar-refractivity contribution in [3.05, 3.63) is 47.3 Å². The van der Waals surface area contributed by atoms with E-state index in [2.05, 4.69) is 15.3 Å². The van der Waals surface area contributed by atoms with Gasteiger partial charge < -0.3 is 16.0 Å². The van der Waals surface area contributed by atoms with Crippen LogP contribution in [0.1, 0.15) is 21.6 Å². The summed E-state index contributed by atoms with van der Waals surface area (Å²) in [6.07, 6.45) is -3.34. The van der Waals surface area contributed by atoms with E-state index in [1.165, 1.54) is 24.4 Å². The zero-order valence-electron chi connectivity index (χ0n) is 13.2. The van der Waals surface area contributed by atoms with Crippen LogP contribution < -0.4 is 16.0 Å². The first kappa shape index (κ1) is 17.2. The molecule has 0 radical (unpaired) electrons. The minimum atomic E-state index is -4.70. The maximum absolute atomic E-state index is 13.3. The van der Waals surface area contributed by atoms with Gasteiger partial charge in [0.15, 0.2) is 0 Å². The van der Waals surface area contributed by atoms with Crippen LogP contribution in [0.2, 0.25) is 0 Å². The van der Waals surface area contributed by atoms with Crippen LogP contribution in [-0.2, 0) is 6.18 Å². The van der Waals surface area contributed by atoms with Crippen molar-refractivity contribution >= 4 is 17.4 Å². The van der Waals surface area contributed by atoms with Crippen molar-refractivity contribution in [2.75, 3.05) is 36.8 Å². The maximum Gasteiger partial charge on any atom is 0.418 e. The van der Waals surface area contributed by atoms with Crippen molar-refractivity contribution in [2.24, 2.45) is 0 Å². The predicted molar refractivity (Wildman–Crippen MR) is 86.4 cm³/mol. The van der Waals surface area contributed by atoms with Gasteiger partial charge in [-0.2, -0.15) is 13.2 Å². The number of ketones is 1. The van der Waals surface area contributed by atoms with Crippen LogP contribution in [0.15, 0.2) is 30.5 Å². The fraction of sp³-hybridized carbons (Fsp3) is 0.312. The summed E-state index contributed by atoms with van der Waals surface area (Å²) in [4.78, 5) is 22.3. The summed E-state index contributed by atoms with van der Waals surface area (Å²) < 4.78 is 40.0. The lowest BCUT2D eigenvalue weighted by Crippen LogP contribution is -2.44. The molecule has 0 spiro atoms. The summed E-state index contributed by atoms with van der Waals surface area (Å²) in [6, 6.07) is 4.96. The molecule has 6 nitrogen and oxygen atoms in total. The average molecular weight is 351 g/mol. The lowest BCUT2D eigenvalue weighted by molar-refractivity contribution is -0.138. The van der Waals surface area contributed by atoms with Crippen molar-refractivity contribution in [3.8, 4) is 0 Å². The number of nitrogens with zero attached hydrogens (tertiary/aromatic N) is 3. The molecule has 0 bridgehead atoms. The number of pyridine rings is 2. The molecule has 0 amide bonds. The molecule has 3 N–H and O–H groups in total. The molecule has 132 valence electrons. The van der Waals surface area contributed by atoms with Crippen LogP contribution in [0.25, 0.3) is 0 Å². The number of nitrogens with one attached hydrogen (secondary N) is 1. The second kappa shape index (κ2) is 6.67. The Labute approximate surface area is 141 Å². The molecule has 2 aromatic rings. The Morgan fingerprint density at radius 3 is 2.56 bits per heavy atom. The number of anilines is 2. The Kier molecular flexibility index (Phi) is 4.58. The van der Waals surface area contributed by atoms with Crippen LogP contribution >= 0.6 is 0 Å². The quantitative estimate of drug-likeness (QED) is 0.819. The Hall–Kier alpha value is -2.68. The number of carbonyl (C=O) groups excluding carboxylic acids is 1. The monoisotopic (exact) mass is 351 g/mol. The third-order valence-electron chi connectivity index (χ3n) is 3.93. The molecule has 1 aliphatic heterocycles. The number of halogens is 3. The number of aromatic nitrogens is 2. The Bertz CT molecular complexity index is 788. The van der Waals surface area contributed by atoms with E-state index in [9.17, 15) is 18.0 Å². The van der Waals surface area contributed by atoms with Crippen LogP contribution in [-0.4, -0.2) is 41.9 Å². The summed E-state index contributed by atoms with van der Waals surface area (Å²) >= 11 is 0. The van der Waals surface area contributed by atoms with Crippen molar-refractivity contribution in [1.82, 2.24) is 15.3 Å². The molecule has 0 saturated carbocycles. The van der Waals surface area contributed by atoms with Crippen molar-refractivity contribution < 1.29 is 18.0 Å². The molecular formula is C16H16F3N5O. The number of hydrogen-bond acceptors (Lipinski definition) is 6. The van der Waals surface area contributed by atoms with Crippen molar-refractivity contribution in [1.29, 1.82) is 0 Å². The molecule has 1 saturated heterocycles. The van der Waals surface area contributed by atoms with Crippen LogP contribution in [0.5, 0.6) is 0 Å². The summed E-state index contributed by atoms with van der Waals surface area (Å²) in [5.41, 5.74) is 3.79. The molecule has 2 aromatic heterocycles. The van der Waals surface area contributed by atoms with Gasteiger partial charge >= 0.3 is 6.18 Å². The van der Waals surface area contributed by atoms with E-state index in [0.29, 0.717) is 32.0 Å². The highest BCUT2D eigenvalue weighted by atomic mass is 19.4. The molecule has 0 aliphatic carbocycles. The van der Waals surface area contributed by atoms with E-state index >= 15 is 0 Å². The number of piperazine rings is 1. The van der Waals surface area contributed by atoms with E-state index in [1.807, 2.05) is 4.90 Å². The average Bonchev–Trinajstić information content (AvgIpc) is 2.61. The second-order valence-electron chi connectivity index (χ2n) is 5.57. The standard InChI is InChI=1S/C16H16F3N5O/c17-16(18,19)11-3-4-12(24-8-6-21-7-9-24)23-13(11)14(25)10-2-1-5-22-15(10)20/h1-5,21H,6-9H2,(H2,20,22). The third kappa shape index (κ3) is 3.55. The maximum atomic E-state index is 13.3. The van der Waals surface area contributed by atoms with Gasteiger partial charge in [-0.1, -0.05) is 0 Å². The molecular weight excluding hydrogens is 335 g/mol.